The molecule has 0 aliphatic heterocycles. The first-order valence-electron chi connectivity index (χ1n) is 7.07. The zero-order valence-corrected chi connectivity index (χ0v) is 12.4. The van der Waals surface area contributed by atoms with E-state index in [9.17, 15) is 20.2 Å². The van der Waals surface area contributed by atoms with Crippen LogP contribution in [0.2, 0.25) is 0 Å². The molecule has 0 aromatic heterocycles. The molecule has 0 rings (SSSR count). The molecule has 0 aromatic rings. The molecular formula is C12H26N4O4. The van der Waals surface area contributed by atoms with E-state index in [-0.39, 0.29) is 22.9 Å². The van der Waals surface area contributed by atoms with Crippen LogP contribution in [0, 0.1) is 20.2 Å². The molecule has 8 heteroatoms. The Balaban J connectivity index is 4.24. The number of nitrogens with two attached hydrogens (primary N) is 1. The van der Waals surface area contributed by atoms with E-state index >= 15 is 0 Å². The minimum Gasteiger partial charge on any atom is -0.330 e. The highest BCUT2D eigenvalue weighted by Crippen LogP contribution is 2.05. The van der Waals surface area contributed by atoms with Gasteiger partial charge in [-0.3, -0.25) is 25.1 Å². The molecule has 20 heavy (non-hydrogen) atoms. The van der Waals surface area contributed by atoms with E-state index in [4.69, 9.17) is 5.73 Å². The summed E-state index contributed by atoms with van der Waals surface area (Å²) in [6.45, 7) is 4.88. The van der Waals surface area contributed by atoms with Crippen LogP contribution >= 0.6 is 0 Å². The lowest BCUT2D eigenvalue weighted by Gasteiger charge is -2.22. The normalized spacial score (nSPS) is 14.2. The van der Waals surface area contributed by atoms with Crippen LogP contribution in [0.3, 0.4) is 0 Å². The molecule has 2 unspecified atom stereocenters. The summed E-state index contributed by atoms with van der Waals surface area (Å²) in [5, 5.41) is 21.4. The third-order valence-corrected chi connectivity index (χ3v) is 3.19. The average Bonchev–Trinajstić information content (AvgIpc) is 2.37. The molecular weight excluding hydrogens is 264 g/mol. The molecule has 0 aliphatic carbocycles. The van der Waals surface area contributed by atoms with Gasteiger partial charge in [0, 0.05) is 23.7 Å². The van der Waals surface area contributed by atoms with Gasteiger partial charge in [0.1, 0.15) is 0 Å². The van der Waals surface area contributed by atoms with E-state index in [1.54, 1.807) is 0 Å². The quantitative estimate of drug-likeness (QED) is 0.327. The number of hydrogen-bond donors (Lipinski definition) is 1. The van der Waals surface area contributed by atoms with E-state index in [1.807, 2.05) is 4.90 Å². The minimum absolute atomic E-state index is 0.252. The van der Waals surface area contributed by atoms with Crippen LogP contribution in [0.5, 0.6) is 0 Å². The Bertz CT molecular complexity index is 279. The molecule has 0 bridgehead atoms. The highest BCUT2D eigenvalue weighted by Gasteiger charge is 2.23. The van der Waals surface area contributed by atoms with Crippen LogP contribution in [-0.2, 0) is 0 Å². The maximum atomic E-state index is 10.7. The third-order valence-electron chi connectivity index (χ3n) is 3.19. The second-order valence-corrected chi connectivity index (χ2v) is 5.23. The summed E-state index contributed by atoms with van der Waals surface area (Å²) in [5.41, 5.74) is 5.41. The van der Waals surface area contributed by atoms with E-state index in [0.717, 1.165) is 25.7 Å². The Morgan fingerprint density at radius 3 is 1.80 bits per heavy atom. The maximum absolute atomic E-state index is 10.7. The fourth-order valence-corrected chi connectivity index (χ4v) is 1.97. The van der Waals surface area contributed by atoms with E-state index in [1.165, 1.54) is 13.8 Å². The Morgan fingerprint density at radius 1 is 0.950 bits per heavy atom. The summed E-state index contributed by atoms with van der Waals surface area (Å²) in [6.07, 6.45) is 3.87. The number of nitro groups is 2. The predicted octanol–water partition coefficient (Wildman–Crippen LogP) is 1.14. The summed E-state index contributed by atoms with van der Waals surface area (Å²) >= 11 is 0. The predicted molar refractivity (Wildman–Crippen MR) is 76.9 cm³/mol. The van der Waals surface area contributed by atoms with Gasteiger partial charge in [0.2, 0.25) is 12.1 Å². The van der Waals surface area contributed by atoms with Gasteiger partial charge in [0.05, 0.1) is 13.1 Å². The topological polar surface area (TPSA) is 116 Å². The molecule has 0 amide bonds. The van der Waals surface area contributed by atoms with Gasteiger partial charge >= 0.3 is 0 Å². The smallest absolute Gasteiger partial charge is 0.222 e. The molecule has 2 N–H and O–H groups in total. The average molecular weight is 290 g/mol. The fourth-order valence-electron chi connectivity index (χ4n) is 1.97. The van der Waals surface area contributed by atoms with Crippen LogP contribution < -0.4 is 5.73 Å². The molecule has 0 radical (unpaired) electrons. The molecule has 0 aliphatic rings. The summed E-state index contributed by atoms with van der Waals surface area (Å²) in [4.78, 5) is 22.5. The van der Waals surface area contributed by atoms with Crippen molar-refractivity contribution in [1.29, 1.82) is 0 Å². The number of hydrogen-bond acceptors (Lipinski definition) is 6. The third kappa shape index (κ3) is 8.76. The zero-order valence-electron chi connectivity index (χ0n) is 12.4. The van der Waals surface area contributed by atoms with Crippen LogP contribution in [-0.4, -0.2) is 53.0 Å². The van der Waals surface area contributed by atoms with Crippen LogP contribution in [0.15, 0.2) is 0 Å². The fraction of sp³-hybridized carbons (Fsp3) is 1.00. The summed E-state index contributed by atoms with van der Waals surface area (Å²) in [7, 11) is 0. The highest BCUT2D eigenvalue weighted by atomic mass is 16.6. The first-order chi connectivity index (χ1) is 9.38. The van der Waals surface area contributed by atoms with Crippen LogP contribution in [0.4, 0.5) is 0 Å². The Morgan fingerprint density at radius 2 is 1.40 bits per heavy atom. The minimum atomic E-state index is -0.710. The number of unbranched alkanes of at least 4 members (excludes halogenated alkanes) is 3. The molecule has 8 nitrogen and oxygen atoms in total. The van der Waals surface area contributed by atoms with E-state index in [0.29, 0.717) is 13.1 Å². The lowest BCUT2D eigenvalue weighted by atomic mass is 10.1. The zero-order chi connectivity index (χ0) is 15.5. The van der Waals surface area contributed by atoms with Gasteiger partial charge in [-0.15, -0.1) is 0 Å². The highest BCUT2D eigenvalue weighted by molar-refractivity contribution is 4.66. The van der Waals surface area contributed by atoms with Crippen molar-refractivity contribution in [3.8, 4) is 0 Å². The lowest BCUT2D eigenvalue weighted by Crippen LogP contribution is -2.41. The molecule has 0 fully saturated rings. The van der Waals surface area contributed by atoms with Crippen molar-refractivity contribution in [3.63, 3.8) is 0 Å². The van der Waals surface area contributed by atoms with Gasteiger partial charge in [-0.1, -0.05) is 12.8 Å². The summed E-state index contributed by atoms with van der Waals surface area (Å²) in [5.74, 6) is 0. The van der Waals surface area contributed by atoms with Crippen molar-refractivity contribution in [2.24, 2.45) is 5.73 Å². The maximum Gasteiger partial charge on any atom is 0.222 e. The molecule has 118 valence electrons. The number of nitrogens with zero attached hydrogens (tertiary/aromatic N) is 3. The molecule has 0 saturated carbocycles. The van der Waals surface area contributed by atoms with Gasteiger partial charge in [0.15, 0.2) is 0 Å². The largest absolute Gasteiger partial charge is 0.330 e. The van der Waals surface area contributed by atoms with Gasteiger partial charge in [-0.2, -0.15) is 0 Å². The van der Waals surface area contributed by atoms with Crippen molar-refractivity contribution in [1.82, 2.24) is 4.90 Å². The van der Waals surface area contributed by atoms with Crippen molar-refractivity contribution in [2.75, 3.05) is 26.2 Å². The second kappa shape index (κ2) is 10.5. The second-order valence-electron chi connectivity index (χ2n) is 5.23. The van der Waals surface area contributed by atoms with Crippen LogP contribution in [0.1, 0.15) is 39.5 Å². The van der Waals surface area contributed by atoms with E-state index in [2.05, 4.69) is 0 Å². The van der Waals surface area contributed by atoms with Gasteiger partial charge in [-0.05, 0) is 25.9 Å². The van der Waals surface area contributed by atoms with Crippen molar-refractivity contribution >= 4 is 0 Å². The SMILES string of the molecule is CC(CN(CCCCCCN)CC(C)[N+](=O)[O-])[N+](=O)[O-]. The van der Waals surface area contributed by atoms with Gasteiger partial charge in [-0.25, -0.2) is 0 Å². The molecule has 2 atom stereocenters. The lowest BCUT2D eigenvalue weighted by molar-refractivity contribution is -0.526. The molecule has 0 heterocycles. The monoisotopic (exact) mass is 290 g/mol. The first-order valence-corrected chi connectivity index (χ1v) is 7.07. The standard InChI is InChI=1S/C12H26N4O4/c1-11(15(17)18)9-14(10-12(2)16(19)20)8-6-4-3-5-7-13/h11-12H,3-10,13H2,1-2H3. The van der Waals surface area contributed by atoms with Crippen molar-refractivity contribution < 1.29 is 9.85 Å². The molecule has 0 saturated heterocycles. The van der Waals surface area contributed by atoms with Crippen molar-refractivity contribution in [2.45, 2.75) is 51.6 Å². The summed E-state index contributed by atoms with van der Waals surface area (Å²) < 4.78 is 0. The Hall–Kier alpha value is -1.28. The van der Waals surface area contributed by atoms with Crippen molar-refractivity contribution in [3.05, 3.63) is 20.2 Å². The molecule has 0 spiro atoms. The van der Waals surface area contributed by atoms with Crippen LogP contribution in [0.25, 0.3) is 0 Å². The van der Waals surface area contributed by atoms with E-state index < -0.39 is 12.1 Å². The summed E-state index contributed by atoms with van der Waals surface area (Å²) in [6, 6.07) is -1.42. The first kappa shape index (κ1) is 18.7. The number of rotatable bonds is 12. The van der Waals surface area contributed by atoms with Gasteiger partial charge < -0.3 is 5.73 Å². The Kier molecular flexibility index (Phi) is 9.83. The molecule has 0 aromatic carbocycles. The Labute approximate surface area is 119 Å². The van der Waals surface area contributed by atoms with Gasteiger partial charge in [0.25, 0.3) is 0 Å².